The largest absolute Gasteiger partial charge is 0.478 e. The van der Waals surface area contributed by atoms with Gasteiger partial charge >= 0.3 is 12.1 Å². The Morgan fingerprint density at radius 1 is 1.16 bits per heavy atom. The minimum atomic E-state index is -4.82. The number of hydrogen-bond acceptors (Lipinski definition) is 4. The maximum atomic E-state index is 13.7. The van der Waals surface area contributed by atoms with Gasteiger partial charge in [0.25, 0.3) is 0 Å². The van der Waals surface area contributed by atoms with Crippen LogP contribution in [0.3, 0.4) is 0 Å². The molecule has 0 atom stereocenters. The van der Waals surface area contributed by atoms with E-state index in [0.29, 0.717) is 21.3 Å². The predicted octanol–water partition coefficient (Wildman–Crippen LogP) is 6.61. The van der Waals surface area contributed by atoms with Crippen LogP contribution in [-0.4, -0.2) is 16.1 Å². The number of carbonyl (C=O) groups is 1. The molecule has 0 bridgehead atoms. The van der Waals surface area contributed by atoms with Gasteiger partial charge in [-0.15, -0.1) is 0 Å². The minimum Gasteiger partial charge on any atom is -0.478 e. The van der Waals surface area contributed by atoms with Crippen molar-refractivity contribution in [1.29, 1.82) is 0 Å². The first-order valence-electron chi connectivity index (χ1n) is 8.81. The topological polar surface area (TPSA) is 53.4 Å². The van der Waals surface area contributed by atoms with E-state index in [1.807, 2.05) is 0 Å². The number of rotatable bonds is 6. The van der Waals surface area contributed by atoms with E-state index in [9.17, 15) is 22.4 Å². The molecule has 4 nitrogen and oxygen atoms in total. The Morgan fingerprint density at radius 3 is 2.42 bits per heavy atom. The Morgan fingerprint density at radius 2 is 1.84 bits per heavy atom. The lowest BCUT2D eigenvalue weighted by Gasteiger charge is -2.24. The van der Waals surface area contributed by atoms with Gasteiger partial charge in [0, 0.05) is 11.1 Å². The van der Waals surface area contributed by atoms with Crippen LogP contribution in [0.15, 0.2) is 59.6 Å². The molecule has 0 unspecified atom stereocenters. The Hall–Kier alpha value is -2.78. The molecule has 0 aliphatic heterocycles. The molecule has 1 heterocycles. The monoisotopic (exact) mass is 470 g/mol. The number of alkyl halides is 3. The van der Waals surface area contributed by atoms with Gasteiger partial charge in [0.15, 0.2) is 0 Å². The number of nitrogens with zero attached hydrogens (tertiary/aromatic N) is 2. The summed E-state index contributed by atoms with van der Waals surface area (Å²) in [5.41, 5.74) is -0.341. The van der Waals surface area contributed by atoms with Gasteiger partial charge in [-0.05, 0) is 72.5 Å². The molecule has 2 aromatic carbocycles. The van der Waals surface area contributed by atoms with E-state index in [0.717, 1.165) is 24.1 Å². The van der Waals surface area contributed by atoms with Crippen molar-refractivity contribution < 1.29 is 27.5 Å². The van der Waals surface area contributed by atoms with Gasteiger partial charge in [-0.25, -0.2) is 14.2 Å². The zero-order chi connectivity index (χ0) is 22.8. The third kappa shape index (κ3) is 5.68. The third-order valence-electron chi connectivity index (χ3n) is 4.23. The number of hydrogen-bond donors (Lipinski definition) is 1. The summed E-state index contributed by atoms with van der Waals surface area (Å²) in [6, 6.07) is 10.5. The van der Waals surface area contributed by atoms with Crippen LogP contribution in [0.5, 0.6) is 0 Å². The van der Waals surface area contributed by atoms with Gasteiger partial charge in [-0.2, -0.15) is 13.2 Å². The van der Waals surface area contributed by atoms with Crippen LogP contribution in [0, 0.1) is 12.7 Å². The minimum absolute atomic E-state index is 0.0236. The summed E-state index contributed by atoms with van der Waals surface area (Å²) in [6.07, 6.45) is -3.41. The van der Waals surface area contributed by atoms with Crippen molar-refractivity contribution in [3.05, 3.63) is 87.8 Å². The van der Waals surface area contributed by atoms with E-state index in [-0.39, 0.29) is 17.7 Å². The Kier molecular flexibility index (Phi) is 6.76. The summed E-state index contributed by atoms with van der Waals surface area (Å²) in [4.78, 5) is 16.0. The summed E-state index contributed by atoms with van der Waals surface area (Å²) in [5.74, 6) is -1.97. The van der Waals surface area contributed by atoms with Crippen molar-refractivity contribution in [2.45, 2.75) is 24.5 Å². The standard InChI is InChI=1S/C21H15ClF4N2O2S/c1-12-8-15(22)10-27-19(12)28(31-16-5-3-14(4-6-16)20(29)30)11-13-2-7-18(23)17(9-13)21(24,25)26/h2-10H,11H2,1H3,(H,29,30). The lowest BCUT2D eigenvalue weighted by atomic mass is 10.1. The van der Waals surface area contributed by atoms with Gasteiger partial charge in [0.1, 0.15) is 11.6 Å². The highest BCUT2D eigenvalue weighted by atomic mass is 35.5. The van der Waals surface area contributed by atoms with Crippen molar-refractivity contribution in [2.75, 3.05) is 4.31 Å². The lowest BCUT2D eigenvalue weighted by molar-refractivity contribution is -0.140. The smallest absolute Gasteiger partial charge is 0.419 e. The average Bonchev–Trinajstić information content (AvgIpc) is 2.68. The van der Waals surface area contributed by atoms with E-state index in [1.54, 1.807) is 29.4 Å². The zero-order valence-corrected chi connectivity index (χ0v) is 17.5. The fourth-order valence-electron chi connectivity index (χ4n) is 2.78. The number of halogens is 5. The van der Waals surface area contributed by atoms with Crippen LogP contribution >= 0.6 is 23.5 Å². The molecular weight excluding hydrogens is 456 g/mol. The normalized spacial score (nSPS) is 11.4. The van der Waals surface area contributed by atoms with Gasteiger partial charge in [-0.1, -0.05) is 17.7 Å². The van der Waals surface area contributed by atoms with Crippen LogP contribution in [0.2, 0.25) is 5.02 Å². The van der Waals surface area contributed by atoms with E-state index in [4.69, 9.17) is 16.7 Å². The molecule has 1 aromatic heterocycles. The number of benzene rings is 2. The first-order valence-corrected chi connectivity index (χ1v) is 9.96. The molecule has 0 saturated carbocycles. The Bertz CT molecular complexity index is 1110. The van der Waals surface area contributed by atoms with Crippen molar-refractivity contribution >= 4 is 35.3 Å². The van der Waals surface area contributed by atoms with Crippen LogP contribution in [0.4, 0.5) is 23.4 Å². The molecule has 0 amide bonds. The SMILES string of the molecule is Cc1cc(Cl)cnc1N(Cc1ccc(F)c(C(F)(F)F)c1)Sc1ccc(C(=O)O)cc1. The van der Waals surface area contributed by atoms with Crippen molar-refractivity contribution in [2.24, 2.45) is 0 Å². The Balaban J connectivity index is 1.97. The highest BCUT2D eigenvalue weighted by molar-refractivity contribution is 8.00. The predicted molar refractivity (Wildman–Crippen MR) is 111 cm³/mol. The lowest BCUT2D eigenvalue weighted by Crippen LogP contribution is -2.17. The second-order valence-corrected chi connectivity index (χ2v) is 8.09. The van der Waals surface area contributed by atoms with Crippen LogP contribution in [0.25, 0.3) is 0 Å². The molecule has 0 aliphatic rings. The van der Waals surface area contributed by atoms with Crippen LogP contribution in [0.1, 0.15) is 27.0 Å². The molecular formula is C21H15ClF4N2O2S. The summed E-state index contributed by atoms with van der Waals surface area (Å²) >= 11 is 7.12. The van der Waals surface area contributed by atoms with E-state index < -0.39 is 23.5 Å². The van der Waals surface area contributed by atoms with Crippen molar-refractivity contribution in [1.82, 2.24) is 4.98 Å². The average molecular weight is 471 g/mol. The first kappa shape index (κ1) is 22.9. The molecule has 3 rings (SSSR count). The molecule has 162 valence electrons. The molecule has 3 aromatic rings. The first-order chi connectivity index (χ1) is 14.5. The molecule has 0 saturated heterocycles. The summed E-state index contributed by atoms with van der Waals surface area (Å²) < 4.78 is 54.6. The molecule has 0 aliphatic carbocycles. The Labute approximate surface area is 184 Å². The van der Waals surface area contributed by atoms with E-state index >= 15 is 0 Å². The van der Waals surface area contributed by atoms with Gasteiger partial charge in [0.2, 0.25) is 0 Å². The fourth-order valence-corrected chi connectivity index (χ4v) is 4.00. The van der Waals surface area contributed by atoms with Crippen LogP contribution in [-0.2, 0) is 12.7 Å². The maximum Gasteiger partial charge on any atom is 0.419 e. The maximum absolute atomic E-state index is 13.7. The van der Waals surface area contributed by atoms with Crippen LogP contribution < -0.4 is 4.31 Å². The molecule has 0 fully saturated rings. The number of anilines is 1. The number of aryl methyl sites for hydroxylation is 1. The number of aromatic carboxylic acids is 1. The summed E-state index contributed by atoms with van der Waals surface area (Å²) in [7, 11) is 0. The molecule has 0 radical (unpaired) electrons. The highest BCUT2D eigenvalue weighted by Gasteiger charge is 2.34. The van der Waals surface area contributed by atoms with E-state index in [2.05, 4.69) is 4.98 Å². The summed E-state index contributed by atoms with van der Waals surface area (Å²) in [5, 5.41) is 9.45. The van der Waals surface area contributed by atoms with E-state index in [1.165, 1.54) is 24.4 Å². The van der Waals surface area contributed by atoms with Crippen molar-refractivity contribution in [3.8, 4) is 0 Å². The molecule has 1 N–H and O–H groups in total. The van der Waals surface area contributed by atoms with Gasteiger partial charge in [0.05, 0.1) is 22.7 Å². The summed E-state index contributed by atoms with van der Waals surface area (Å²) in [6.45, 7) is 1.73. The van der Waals surface area contributed by atoms with Gasteiger partial charge < -0.3 is 5.11 Å². The fraction of sp³-hybridized carbons (Fsp3) is 0.143. The highest BCUT2D eigenvalue weighted by Crippen LogP contribution is 2.35. The quantitative estimate of drug-likeness (QED) is 0.324. The van der Waals surface area contributed by atoms with Crippen molar-refractivity contribution in [3.63, 3.8) is 0 Å². The van der Waals surface area contributed by atoms with Gasteiger partial charge in [-0.3, -0.25) is 4.31 Å². The molecule has 10 heteroatoms. The third-order valence-corrected chi connectivity index (χ3v) is 5.44. The number of pyridine rings is 1. The molecule has 0 spiro atoms. The number of aromatic nitrogens is 1. The number of carboxylic acids is 1. The second-order valence-electron chi connectivity index (χ2n) is 6.56. The molecule has 31 heavy (non-hydrogen) atoms. The second kappa shape index (κ2) is 9.15. The zero-order valence-electron chi connectivity index (χ0n) is 16.0. The number of carboxylic acid groups (broad SMARTS) is 1.